The van der Waals surface area contributed by atoms with Crippen LogP contribution in [0.3, 0.4) is 0 Å². The number of nitrogens with zero attached hydrogens (tertiary/aromatic N) is 3. The zero-order chi connectivity index (χ0) is 29.5. The Hall–Kier alpha value is -3.30. The van der Waals surface area contributed by atoms with E-state index in [1.54, 1.807) is 0 Å². The van der Waals surface area contributed by atoms with Crippen molar-refractivity contribution in [1.82, 2.24) is 10.2 Å². The summed E-state index contributed by atoms with van der Waals surface area (Å²) in [6.07, 6.45) is -0.877. The Labute approximate surface area is 256 Å². The largest absolute Gasteiger partial charge is 0.442 e. The Morgan fingerprint density at radius 1 is 1.17 bits per heavy atom. The molecule has 3 heterocycles. The quantitative estimate of drug-likeness (QED) is 0.354. The molecule has 0 spiro atoms. The number of hydrogen-bond acceptors (Lipinski definition) is 9. The Kier molecular flexibility index (Phi) is 12.1. The number of amides is 5. The molecule has 1 aromatic carbocycles. The standard InChI is InChI=1S/C26H29ClFN5O7S.ClH/c27-21-7-6-20(41-21)25(37)33(23(35)3-1-2-8-30-22(34)12-29)14-17-13-32(26(38)40-17)19-5-4-16(11-18(19)28)31-9-10-39-15-24(31)36;/h4-7,11,17H,1-3,8-10,12-15,29H2,(H,30,34);1H/t17-;/m1./s1. The van der Waals surface area contributed by atoms with Crippen LogP contribution < -0.4 is 20.9 Å². The Morgan fingerprint density at radius 2 is 1.95 bits per heavy atom. The van der Waals surface area contributed by atoms with Gasteiger partial charge in [0.15, 0.2) is 0 Å². The lowest BCUT2D eigenvalue weighted by molar-refractivity contribution is -0.129. The average Bonchev–Trinajstić information content (AvgIpc) is 3.55. The van der Waals surface area contributed by atoms with Crippen molar-refractivity contribution in [1.29, 1.82) is 0 Å². The minimum atomic E-state index is -0.922. The second kappa shape index (κ2) is 15.3. The fourth-order valence-electron chi connectivity index (χ4n) is 4.39. The summed E-state index contributed by atoms with van der Waals surface area (Å²) in [4.78, 5) is 66.2. The molecule has 16 heteroatoms. The van der Waals surface area contributed by atoms with Crippen LogP contribution in [-0.2, 0) is 23.9 Å². The van der Waals surface area contributed by atoms with Gasteiger partial charge in [0, 0.05) is 25.2 Å². The topological polar surface area (TPSA) is 152 Å². The molecule has 2 aliphatic rings. The second-order valence-corrected chi connectivity index (χ2v) is 11.0. The first-order valence-corrected chi connectivity index (χ1v) is 14.1. The number of unbranched alkanes of at least 4 members (excludes halogenated alkanes) is 1. The number of ether oxygens (including phenoxy) is 2. The van der Waals surface area contributed by atoms with Gasteiger partial charge in [0.05, 0.1) is 41.1 Å². The van der Waals surface area contributed by atoms with Crippen molar-refractivity contribution in [2.24, 2.45) is 5.73 Å². The molecule has 12 nitrogen and oxygen atoms in total. The Balaban J connectivity index is 0.00000484. The van der Waals surface area contributed by atoms with Crippen molar-refractivity contribution in [3.63, 3.8) is 0 Å². The zero-order valence-corrected chi connectivity index (χ0v) is 24.8. The van der Waals surface area contributed by atoms with E-state index in [2.05, 4.69) is 5.32 Å². The number of morpholine rings is 1. The lowest BCUT2D eigenvalue weighted by atomic mass is 10.2. The van der Waals surface area contributed by atoms with Gasteiger partial charge in [-0.3, -0.25) is 29.0 Å². The van der Waals surface area contributed by atoms with E-state index in [0.717, 1.165) is 27.2 Å². The molecule has 0 saturated carbocycles. The van der Waals surface area contributed by atoms with Crippen LogP contribution in [0.5, 0.6) is 0 Å². The van der Waals surface area contributed by atoms with E-state index in [0.29, 0.717) is 36.0 Å². The van der Waals surface area contributed by atoms with Gasteiger partial charge >= 0.3 is 6.09 Å². The molecule has 2 fully saturated rings. The molecule has 2 saturated heterocycles. The molecule has 2 aliphatic heterocycles. The van der Waals surface area contributed by atoms with Crippen LogP contribution in [0.2, 0.25) is 4.34 Å². The molecule has 4 rings (SSSR count). The lowest BCUT2D eigenvalue weighted by Crippen LogP contribution is -2.43. The fourth-order valence-corrected chi connectivity index (χ4v) is 5.38. The number of nitrogens with one attached hydrogen (secondary N) is 1. The van der Waals surface area contributed by atoms with Gasteiger partial charge in [-0.25, -0.2) is 9.18 Å². The minimum Gasteiger partial charge on any atom is -0.442 e. The highest BCUT2D eigenvalue weighted by Crippen LogP contribution is 2.30. The molecular formula is C26H30Cl2FN5O7S. The number of nitrogens with two attached hydrogens (primary N) is 1. The first kappa shape index (κ1) is 33.2. The molecular weight excluding hydrogens is 616 g/mol. The average molecular weight is 647 g/mol. The van der Waals surface area contributed by atoms with Crippen LogP contribution in [0, 0.1) is 5.82 Å². The smallest absolute Gasteiger partial charge is 0.414 e. The fraction of sp³-hybridized carbons (Fsp3) is 0.423. The van der Waals surface area contributed by atoms with Crippen molar-refractivity contribution in [3.8, 4) is 0 Å². The second-order valence-electron chi connectivity index (χ2n) is 9.27. The highest BCUT2D eigenvalue weighted by molar-refractivity contribution is 7.18. The molecule has 0 aliphatic carbocycles. The highest BCUT2D eigenvalue weighted by atomic mass is 35.5. The number of hydrogen-bond donors (Lipinski definition) is 2. The number of benzene rings is 1. The maximum atomic E-state index is 15.1. The molecule has 0 bridgehead atoms. The maximum absolute atomic E-state index is 15.1. The monoisotopic (exact) mass is 645 g/mol. The molecule has 1 aromatic heterocycles. The zero-order valence-electron chi connectivity index (χ0n) is 22.4. The molecule has 2 aromatic rings. The van der Waals surface area contributed by atoms with E-state index >= 15 is 4.39 Å². The van der Waals surface area contributed by atoms with Crippen molar-refractivity contribution in [3.05, 3.63) is 45.4 Å². The van der Waals surface area contributed by atoms with E-state index in [1.807, 2.05) is 0 Å². The van der Waals surface area contributed by atoms with Gasteiger partial charge in [-0.15, -0.1) is 23.7 Å². The third-order valence-corrected chi connectivity index (χ3v) is 7.65. The summed E-state index contributed by atoms with van der Waals surface area (Å²) in [7, 11) is 0. The van der Waals surface area contributed by atoms with Gasteiger partial charge in [0.1, 0.15) is 18.5 Å². The molecule has 1 atom stereocenters. The van der Waals surface area contributed by atoms with Gasteiger partial charge in [0.25, 0.3) is 11.8 Å². The summed E-state index contributed by atoms with van der Waals surface area (Å²) in [5.74, 6) is -2.44. The van der Waals surface area contributed by atoms with Crippen LogP contribution >= 0.6 is 35.3 Å². The van der Waals surface area contributed by atoms with E-state index in [-0.39, 0.29) is 74.0 Å². The summed E-state index contributed by atoms with van der Waals surface area (Å²) in [6, 6.07) is 7.10. The third kappa shape index (κ3) is 8.16. The molecule has 5 amide bonds. The van der Waals surface area contributed by atoms with Gasteiger partial charge in [-0.1, -0.05) is 11.6 Å². The highest BCUT2D eigenvalue weighted by Gasteiger charge is 2.37. The molecule has 228 valence electrons. The molecule has 0 unspecified atom stereocenters. The van der Waals surface area contributed by atoms with Crippen molar-refractivity contribution < 1.29 is 37.8 Å². The summed E-state index contributed by atoms with van der Waals surface area (Å²) in [5.41, 5.74) is 5.53. The number of anilines is 2. The summed E-state index contributed by atoms with van der Waals surface area (Å²) >= 11 is 6.99. The molecule has 42 heavy (non-hydrogen) atoms. The van der Waals surface area contributed by atoms with Gasteiger partial charge < -0.3 is 25.4 Å². The number of rotatable bonds is 11. The predicted molar refractivity (Wildman–Crippen MR) is 156 cm³/mol. The van der Waals surface area contributed by atoms with Gasteiger partial charge in [0.2, 0.25) is 11.8 Å². The number of imide groups is 1. The maximum Gasteiger partial charge on any atom is 0.414 e. The Bertz CT molecular complexity index is 1330. The van der Waals surface area contributed by atoms with Gasteiger partial charge in [-0.05, 0) is 43.2 Å². The number of cyclic esters (lactones) is 1. The molecule has 0 radical (unpaired) electrons. The van der Waals surface area contributed by atoms with Crippen LogP contribution in [-0.4, -0.2) is 86.7 Å². The van der Waals surface area contributed by atoms with Crippen LogP contribution in [0.15, 0.2) is 30.3 Å². The van der Waals surface area contributed by atoms with Crippen LogP contribution in [0.25, 0.3) is 0 Å². The van der Waals surface area contributed by atoms with E-state index in [4.69, 9.17) is 26.8 Å². The summed E-state index contributed by atoms with van der Waals surface area (Å²) in [5, 5.41) is 2.61. The van der Waals surface area contributed by atoms with Crippen LogP contribution in [0.1, 0.15) is 28.9 Å². The van der Waals surface area contributed by atoms with E-state index in [9.17, 15) is 24.0 Å². The van der Waals surface area contributed by atoms with E-state index < -0.39 is 29.8 Å². The SMILES string of the molecule is Cl.NCC(=O)NCCCCC(=O)N(C[C@H]1CN(c2ccc(N3CCOCC3=O)cc2F)C(=O)O1)C(=O)c1ccc(Cl)s1. The van der Waals surface area contributed by atoms with Crippen molar-refractivity contribution >= 4 is 76.4 Å². The first-order valence-electron chi connectivity index (χ1n) is 12.9. The van der Waals surface area contributed by atoms with Crippen molar-refractivity contribution in [2.45, 2.75) is 25.4 Å². The van der Waals surface area contributed by atoms with E-state index in [1.165, 1.54) is 29.2 Å². The Morgan fingerprint density at radius 3 is 2.62 bits per heavy atom. The number of carbonyl (C=O) groups is 5. The first-order chi connectivity index (χ1) is 19.7. The normalized spacial score (nSPS) is 16.6. The summed E-state index contributed by atoms with van der Waals surface area (Å²) in [6.45, 7) is 0.341. The van der Waals surface area contributed by atoms with Crippen LogP contribution in [0.4, 0.5) is 20.6 Å². The third-order valence-electron chi connectivity index (χ3n) is 6.44. The van der Waals surface area contributed by atoms with Gasteiger partial charge in [-0.2, -0.15) is 0 Å². The number of carbonyl (C=O) groups excluding carboxylic acids is 5. The number of thiophene rings is 1. The number of halogens is 3. The molecule has 3 N–H and O–H groups in total. The van der Waals surface area contributed by atoms with Crippen molar-refractivity contribution in [2.75, 3.05) is 55.7 Å². The lowest BCUT2D eigenvalue weighted by Gasteiger charge is -2.27. The predicted octanol–water partition coefficient (Wildman–Crippen LogP) is 2.57. The summed E-state index contributed by atoms with van der Waals surface area (Å²) < 4.78 is 26.0. The minimum absolute atomic E-state index is 0.